The minimum Gasteiger partial charge on any atom is -0.252 e. The first-order valence-corrected chi connectivity index (χ1v) is 8.05. The third kappa shape index (κ3) is 3.53. The number of halogens is 1. The van der Waals surface area contributed by atoms with E-state index >= 15 is 0 Å². The van der Waals surface area contributed by atoms with Crippen molar-refractivity contribution in [2.24, 2.45) is 5.10 Å². The van der Waals surface area contributed by atoms with Crippen molar-refractivity contribution in [3.8, 4) is 11.3 Å². The third-order valence-corrected chi connectivity index (χ3v) is 4.15. The molecule has 0 aliphatic rings. The van der Waals surface area contributed by atoms with Crippen LogP contribution in [0.15, 0.2) is 65.1 Å². The molecule has 0 radical (unpaired) electrons. The summed E-state index contributed by atoms with van der Waals surface area (Å²) in [7, 11) is 0. The van der Waals surface area contributed by atoms with E-state index in [0.717, 1.165) is 32.7 Å². The Morgan fingerprint density at radius 1 is 1.09 bits per heavy atom. The summed E-state index contributed by atoms with van der Waals surface area (Å²) < 4.78 is 0. The molecule has 0 aliphatic carbocycles. The molecule has 0 amide bonds. The van der Waals surface area contributed by atoms with Crippen molar-refractivity contribution >= 4 is 33.8 Å². The smallest absolute Gasteiger partial charge is 0.203 e. The van der Waals surface area contributed by atoms with Crippen molar-refractivity contribution < 1.29 is 0 Å². The highest BCUT2D eigenvalue weighted by Crippen LogP contribution is 2.26. The maximum Gasteiger partial charge on any atom is 0.203 e. The van der Waals surface area contributed by atoms with Crippen LogP contribution in [0.5, 0.6) is 0 Å². The largest absolute Gasteiger partial charge is 0.252 e. The van der Waals surface area contributed by atoms with Crippen molar-refractivity contribution in [1.82, 2.24) is 4.98 Å². The number of anilines is 1. The molecule has 2 aromatic carbocycles. The SMILES string of the molecule is CC(=NNc1nc(-c2ccc(Cl)cc2)cs1)c1ccccc1. The topological polar surface area (TPSA) is 37.3 Å². The number of hydrogen-bond donors (Lipinski definition) is 1. The van der Waals surface area contributed by atoms with Gasteiger partial charge in [-0.3, -0.25) is 5.43 Å². The van der Waals surface area contributed by atoms with E-state index in [1.165, 1.54) is 11.3 Å². The molecule has 3 rings (SSSR count). The first kappa shape index (κ1) is 14.8. The van der Waals surface area contributed by atoms with E-state index in [-0.39, 0.29) is 0 Å². The molecular weight excluding hydrogens is 314 g/mol. The van der Waals surface area contributed by atoms with Gasteiger partial charge in [0.15, 0.2) is 0 Å². The molecule has 1 N–H and O–H groups in total. The molecule has 0 atom stereocenters. The van der Waals surface area contributed by atoms with Crippen molar-refractivity contribution in [2.75, 3.05) is 5.43 Å². The molecular formula is C17H14ClN3S. The molecule has 0 saturated carbocycles. The van der Waals surface area contributed by atoms with Gasteiger partial charge in [-0.1, -0.05) is 54.1 Å². The molecule has 0 fully saturated rings. The first-order valence-electron chi connectivity index (χ1n) is 6.79. The Balaban J connectivity index is 1.73. The van der Waals surface area contributed by atoms with Crippen LogP contribution in [-0.2, 0) is 0 Å². The van der Waals surface area contributed by atoms with Crippen LogP contribution in [0.4, 0.5) is 5.13 Å². The molecule has 1 aromatic heterocycles. The Morgan fingerprint density at radius 3 is 2.55 bits per heavy atom. The molecule has 0 unspecified atom stereocenters. The molecule has 3 aromatic rings. The number of hydrogen-bond acceptors (Lipinski definition) is 4. The lowest BCUT2D eigenvalue weighted by atomic mass is 10.1. The Morgan fingerprint density at radius 2 is 1.82 bits per heavy atom. The summed E-state index contributed by atoms with van der Waals surface area (Å²) in [6, 6.07) is 17.7. The van der Waals surface area contributed by atoms with Crippen LogP contribution in [0, 0.1) is 0 Å². The highest BCUT2D eigenvalue weighted by Gasteiger charge is 2.04. The minimum atomic E-state index is 0.723. The molecule has 5 heteroatoms. The van der Waals surface area contributed by atoms with Gasteiger partial charge in [0.05, 0.1) is 11.4 Å². The lowest BCUT2D eigenvalue weighted by Gasteiger charge is -2.00. The maximum atomic E-state index is 5.90. The second-order valence-electron chi connectivity index (χ2n) is 4.72. The molecule has 0 bridgehead atoms. The Hall–Kier alpha value is -2.17. The fourth-order valence-corrected chi connectivity index (χ4v) is 2.74. The fourth-order valence-electron chi connectivity index (χ4n) is 1.95. The van der Waals surface area contributed by atoms with Crippen LogP contribution in [0.1, 0.15) is 12.5 Å². The average molecular weight is 328 g/mol. The molecule has 110 valence electrons. The number of nitrogens with zero attached hydrogens (tertiary/aromatic N) is 2. The van der Waals surface area contributed by atoms with Gasteiger partial charge in [-0.2, -0.15) is 5.10 Å². The fraction of sp³-hybridized carbons (Fsp3) is 0.0588. The molecule has 0 spiro atoms. The van der Waals surface area contributed by atoms with Gasteiger partial charge in [0.1, 0.15) is 0 Å². The highest BCUT2D eigenvalue weighted by molar-refractivity contribution is 7.14. The zero-order chi connectivity index (χ0) is 15.4. The van der Waals surface area contributed by atoms with Gasteiger partial charge in [0, 0.05) is 16.0 Å². The third-order valence-electron chi connectivity index (χ3n) is 3.15. The monoisotopic (exact) mass is 327 g/mol. The van der Waals surface area contributed by atoms with E-state index in [1.807, 2.05) is 66.9 Å². The van der Waals surface area contributed by atoms with Crippen molar-refractivity contribution in [1.29, 1.82) is 0 Å². The predicted octanol–water partition coefficient (Wildman–Crippen LogP) is 5.30. The summed E-state index contributed by atoms with van der Waals surface area (Å²) in [6.07, 6.45) is 0. The highest BCUT2D eigenvalue weighted by atomic mass is 35.5. The van der Waals surface area contributed by atoms with E-state index < -0.39 is 0 Å². The Bertz CT molecular complexity index is 779. The van der Waals surface area contributed by atoms with Crippen LogP contribution in [0.25, 0.3) is 11.3 Å². The van der Waals surface area contributed by atoms with Crippen molar-refractivity contribution in [3.05, 3.63) is 70.6 Å². The standard InChI is InChI=1S/C17H14ClN3S/c1-12(13-5-3-2-4-6-13)20-21-17-19-16(11-22-17)14-7-9-15(18)10-8-14/h2-11H,1H3,(H,19,21). The van der Waals surface area contributed by atoms with Gasteiger partial charge < -0.3 is 0 Å². The van der Waals surface area contributed by atoms with Crippen molar-refractivity contribution in [2.45, 2.75) is 6.92 Å². The molecule has 22 heavy (non-hydrogen) atoms. The Labute approximate surface area is 138 Å². The van der Waals surface area contributed by atoms with E-state index in [2.05, 4.69) is 15.5 Å². The Kier molecular flexibility index (Phi) is 4.51. The number of aromatic nitrogens is 1. The molecule has 1 heterocycles. The van der Waals surface area contributed by atoms with Gasteiger partial charge in [-0.05, 0) is 24.6 Å². The van der Waals surface area contributed by atoms with Crippen LogP contribution >= 0.6 is 22.9 Å². The number of rotatable bonds is 4. The number of hydrazone groups is 1. The molecule has 0 saturated heterocycles. The quantitative estimate of drug-likeness (QED) is 0.521. The zero-order valence-electron chi connectivity index (χ0n) is 12.0. The lowest BCUT2D eigenvalue weighted by molar-refractivity contribution is 1.27. The van der Waals surface area contributed by atoms with Gasteiger partial charge in [0.2, 0.25) is 5.13 Å². The van der Waals surface area contributed by atoms with Crippen LogP contribution in [0.3, 0.4) is 0 Å². The molecule has 3 nitrogen and oxygen atoms in total. The van der Waals surface area contributed by atoms with Gasteiger partial charge in [-0.15, -0.1) is 11.3 Å². The van der Waals surface area contributed by atoms with Crippen LogP contribution in [0.2, 0.25) is 5.02 Å². The summed E-state index contributed by atoms with van der Waals surface area (Å²) in [5.41, 5.74) is 6.97. The van der Waals surface area contributed by atoms with Gasteiger partial charge in [0.25, 0.3) is 0 Å². The van der Waals surface area contributed by atoms with Crippen LogP contribution < -0.4 is 5.43 Å². The van der Waals surface area contributed by atoms with E-state index in [1.54, 1.807) is 0 Å². The van der Waals surface area contributed by atoms with E-state index in [0.29, 0.717) is 0 Å². The first-order chi connectivity index (χ1) is 10.7. The van der Waals surface area contributed by atoms with E-state index in [4.69, 9.17) is 11.6 Å². The van der Waals surface area contributed by atoms with Crippen molar-refractivity contribution in [3.63, 3.8) is 0 Å². The normalized spacial score (nSPS) is 11.5. The average Bonchev–Trinajstić information content (AvgIpc) is 3.03. The maximum absolute atomic E-state index is 5.90. The lowest BCUT2D eigenvalue weighted by Crippen LogP contribution is -1.99. The number of nitrogens with one attached hydrogen (secondary N) is 1. The van der Waals surface area contributed by atoms with E-state index in [9.17, 15) is 0 Å². The number of benzene rings is 2. The summed E-state index contributed by atoms with van der Waals surface area (Å²) in [4.78, 5) is 4.53. The summed E-state index contributed by atoms with van der Waals surface area (Å²) in [5, 5.41) is 7.86. The summed E-state index contributed by atoms with van der Waals surface area (Å²) in [5.74, 6) is 0. The second kappa shape index (κ2) is 6.73. The molecule has 0 aliphatic heterocycles. The minimum absolute atomic E-state index is 0.723. The number of thiazole rings is 1. The van der Waals surface area contributed by atoms with Gasteiger partial charge in [-0.25, -0.2) is 4.98 Å². The van der Waals surface area contributed by atoms with Gasteiger partial charge >= 0.3 is 0 Å². The second-order valence-corrected chi connectivity index (χ2v) is 6.01. The zero-order valence-corrected chi connectivity index (χ0v) is 13.5. The predicted molar refractivity (Wildman–Crippen MR) is 94.8 cm³/mol. The summed E-state index contributed by atoms with van der Waals surface area (Å²) >= 11 is 7.42. The summed E-state index contributed by atoms with van der Waals surface area (Å²) in [6.45, 7) is 1.97. The van der Waals surface area contributed by atoms with Crippen LogP contribution in [-0.4, -0.2) is 10.7 Å².